The number of benzene rings is 1. The Morgan fingerprint density at radius 1 is 1.24 bits per heavy atom. The van der Waals surface area contributed by atoms with Gasteiger partial charge in [0.1, 0.15) is 5.75 Å². The zero-order chi connectivity index (χ0) is 21.0. The van der Waals surface area contributed by atoms with Crippen LogP contribution in [-0.4, -0.2) is 13.9 Å². The molecule has 1 aromatic carbocycles. The van der Waals surface area contributed by atoms with Gasteiger partial charge in [-0.1, -0.05) is 19.4 Å². The van der Waals surface area contributed by atoms with Crippen LogP contribution in [0.1, 0.15) is 68.1 Å². The van der Waals surface area contributed by atoms with Crippen molar-refractivity contribution >= 4 is 10.1 Å². The Labute approximate surface area is 169 Å². The van der Waals surface area contributed by atoms with Crippen molar-refractivity contribution in [2.45, 2.75) is 69.7 Å². The minimum Gasteiger partial charge on any atom is -0.376 e. The first-order valence-electron chi connectivity index (χ1n) is 10.1. The van der Waals surface area contributed by atoms with Crippen molar-refractivity contribution in [3.8, 4) is 11.8 Å². The number of halogens is 3. The fourth-order valence-corrected chi connectivity index (χ4v) is 6.59. The lowest BCUT2D eigenvalue weighted by atomic mass is 9.56. The molecule has 3 aliphatic rings. The highest BCUT2D eigenvalue weighted by Crippen LogP contribution is 2.61. The van der Waals surface area contributed by atoms with Crippen LogP contribution in [0.3, 0.4) is 0 Å². The van der Waals surface area contributed by atoms with Crippen LogP contribution in [-0.2, 0) is 23.0 Å². The minimum atomic E-state index is -5.77. The summed E-state index contributed by atoms with van der Waals surface area (Å²) in [7, 11) is -5.77. The Morgan fingerprint density at radius 3 is 2.69 bits per heavy atom. The molecule has 8 heteroatoms. The van der Waals surface area contributed by atoms with Gasteiger partial charge in [-0.2, -0.15) is 26.9 Å². The minimum absolute atomic E-state index is 0.200. The summed E-state index contributed by atoms with van der Waals surface area (Å²) in [6, 6.07) is 5.07. The van der Waals surface area contributed by atoms with E-state index in [1.54, 1.807) is 6.07 Å². The summed E-state index contributed by atoms with van der Waals surface area (Å²) in [6.07, 6.45) is 7.34. The van der Waals surface area contributed by atoms with Crippen LogP contribution in [0.5, 0.6) is 5.75 Å². The van der Waals surface area contributed by atoms with Crippen LogP contribution >= 0.6 is 0 Å². The molecule has 1 aromatic rings. The van der Waals surface area contributed by atoms with Crippen LogP contribution in [0.25, 0.3) is 0 Å². The monoisotopic (exact) mass is 427 g/mol. The van der Waals surface area contributed by atoms with E-state index in [1.807, 2.05) is 6.07 Å². The Hall–Kier alpha value is -1.75. The number of nitrogens with zero attached hydrogens (tertiary/aromatic N) is 1. The lowest BCUT2D eigenvalue weighted by molar-refractivity contribution is -0.0500. The van der Waals surface area contributed by atoms with Gasteiger partial charge in [0.15, 0.2) is 0 Å². The molecule has 2 saturated carbocycles. The quantitative estimate of drug-likeness (QED) is 0.490. The van der Waals surface area contributed by atoms with Crippen molar-refractivity contribution in [2.24, 2.45) is 17.3 Å². The van der Waals surface area contributed by atoms with E-state index in [-0.39, 0.29) is 17.7 Å². The molecule has 4 rings (SSSR count). The first kappa shape index (κ1) is 20.5. The molecule has 3 aliphatic carbocycles. The Bertz CT molecular complexity index is 967. The van der Waals surface area contributed by atoms with Crippen molar-refractivity contribution in [2.75, 3.05) is 0 Å². The van der Waals surface area contributed by atoms with E-state index < -0.39 is 15.6 Å². The molecule has 0 aliphatic heterocycles. The zero-order valence-corrected chi connectivity index (χ0v) is 17.1. The number of rotatable bonds is 3. The SMILES string of the molecule is C[C@@]12CCC[C@H]1[C@@H]1CCc3cc(OS(=O)(=O)C(F)(F)F)c(CC#N)cc3[C@H]1CC2. The average Bonchev–Trinajstić information content (AvgIpc) is 3.03. The zero-order valence-electron chi connectivity index (χ0n) is 16.3. The maximum Gasteiger partial charge on any atom is 0.534 e. The summed E-state index contributed by atoms with van der Waals surface area (Å²) in [5.41, 5.74) is -3.00. The van der Waals surface area contributed by atoms with E-state index in [2.05, 4.69) is 11.1 Å². The van der Waals surface area contributed by atoms with Crippen molar-refractivity contribution in [1.82, 2.24) is 0 Å². The standard InChI is InChI=1S/C21H24F3NO3S/c1-20-8-2-3-18(20)16-5-4-13-12-19(28-29(26,27)21(22,23)24)14(7-10-25)11-17(13)15(16)6-9-20/h11-12,15-16,18H,2-9H2,1H3/t15-,16+,18-,20-/m0/s1. The van der Waals surface area contributed by atoms with Crippen LogP contribution < -0.4 is 4.18 Å². The molecule has 0 bridgehead atoms. The van der Waals surface area contributed by atoms with Crippen LogP contribution in [0.15, 0.2) is 12.1 Å². The summed E-state index contributed by atoms with van der Waals surface area (Å²) in [6.45, 7) is 2.39. The molecule has 0 N–H and O–H groups in total. The Morgan fingerprint density at radius 2 is 2.00 bits per heavy atom. The summed E-state index contributed by atoms with van der Waals surface area (Å²) in [5.74, 6) is 1.16. The van der Waals surface area contributed by atoms with Crippen molar-refractivity contribution in [3.63, 3.8) is 0 Å². The van der Waals surface area contributed by atoms with E-state index >= 15 is 0 Å². The van der Waals surface area contributed by atoms with Crippen LogP contribution in [0.2, 0.25) is 0 Å². The number of aryl methyl sites for hydroxylation is 1. The molecule has 4 nitrogen and oxygen atoms in total. The van der Waals surface area contributed by atoms with Gasteiger partial charge >= 0.3 is 15.6 Å². The molecule has 0 heterocycles. The predicted molar refractivity (Wildman–Crippen MR) is 101 cm³/mol. The molecule has 0 aromatic heterocycles. The van der Waals surface area contributed by atoms with Gasteiger partial charge in [-0.05, 0) is 78.9 Å². The van der Waals surface area contributed by atoms with Crippen LogP contribution in [0, 0.1) is 28.6 Å². The van der Waals surface area contributed by atoms with Gasteiger partial charge in [0, 0.05) is 5.56 Å². The highest BCUT2D eigenvalue weighted by molar-refractivity contribution is 7.88. The Balaban J connectivity index is 1.71. The topological polar surface area (TPSA) is 67.2 Å². The number of alkyl halides is 3. The van der Waals surface area contributed by atoms with Gasteiger partial charge in [0.25, 0.3) is 0 Å². The molecule has 0 spiro atoms. The normalized spacial score (nSPS) is 31.3. The van der Waals surface area contributed by atoms with E-state index in [4.69, 9.17) is 5.26 Å². The fourth-order valence-electron chi connectivity index (χ4n) is 6.11. The van der Waals surface area contributed by atoms with Gasteiger partial charge in [0.2, 0.25) is 0 Å². The maximum atomic E-state index is 12.8. The lowest BCUT2D eigenvalue weighted by Crippen LogP contribution is -2.39. The molecule has 0 amide bonds. The second-order valence-corrected chi connectivity index (χ2v) is 10.5. The fraction of sp³-hybridized carbons (Fsp3) is 0.667. The molecule has 0 radical (unpaired) electrons. The van der Waals surface area contributed by atoms with E-state index in [0.29, 0.717) is 29.6 Å². The van der Waals surface area contributed by atoms with E-state index in [9.17, 15) is 21.6 Å². The number of fused-ring (bicyclic) bond motifs is 5. The van der Waals surface area contributed by atoms with Gasteiger partial charge in [-0.3, -0.25) is 0 Å². The number of hydrogen-bond donors (Lipinski definition) is 0. The third kappa shape index (κ3) is 3.41. The third-order valence-corrected chi connectivity index (χ3v) is 8.41. The van der Waals surface area contributed by atoms with E-state index in [0.717, 1.165) is 30.4 Å². The molecule has 0 saturated heterocycles. The molecule has 0 unspecified atom stereocenters. The lowest BCUT2D eigenvalue weighted by Gasteiger charge is -2.49. The van der Waals surface area contributed by atoms with Gasteiger partial charge in [0.05, 0.1) is 12.5 Å². The van der Waals surface area contributed by atoms with Gasteiger partial charge in [-0.25, -0.2) is 0 Å². The van der Waals surface area contributed by atoms with Crippen molar-refractivity contribution in [3.05, 3.63) is 28.8 Å². The second kappa shape index (κ2) is 6.90. The smallest absolute Gasteiger partial charge is 0.376 e. The first-order valence-corrected chi connectivity index (χ1v) is 11.5. The summed E-state index contributed by atoms with van der Waals surface area (Å²) in [4.78, 5) is 0. The molecular formula is C21H24F3NO3S. The summed E-state index contributed by atoms with van der Waals surface area (Å²) in [5, 5.41) is 9.12. The molecule has 29 heavy (non-hydrogen) atoms. The highest BCUT2D eigenvalue weighted by Gasteiger charge is 2.51. The molecule has 2 fully saturated rings. The molecular weight excluding hydrogens is 403 g/mol. The third-order valence-electron chi connectivity index (χ3n) is 7.44. The summed E-state index contributed by atoms with van der Waals surface area (Å²) >= 11 is 0. The average molecular weight is 427 g/mol. The van der Waals surface area contributed by atoms with Gasteiger partial charge < -0.3 is 4.18 Å². The van der Waals surface area contributed by atoms with E-state index in [1.165, 1.54) is 25.3 Å². The maximum absolute atomic E-state index is 12.8. The largest absolute Gasteiger partial charge is 0.534 e. The summed E-state index contributed by atoms with van der Waals surface area (Å²) < 4.78 is 65.8. The molecule has 158 valence electrons. The second-order valence-electron chi connectivity index (χ2n) is 8.98. The molecule has 4 atom stereocenters. The number of nitriles is 1. The van der Waals surface area contributed by atoms with Crippen molar-refractivity contribution in [1.29, 1.82) is 5.26 Å². The highest BCUT2D eigenvalue weighted by atomic mass is 32.2. The Kier molecular flexibility index (Phi) is 4.88. The number of hydrogen-bond acceptors (Lipinski definition) is 4. The predicted octanol–water partition coefficient (Wildman–Crippen LogP) is 5.23. The van der Waals surface area contributed by atoms with Crippen molar-refractivity contribution < 1.29 is 25.8 Å². The first-order chi connectivity index (χ1) is 13.6. The van der Waals surface area contributed by atoms with Gasteiger partial charge in [-0.15, -0.1) is 0 Å². The van der Waals surface area contributed by atoms with Crippen LogP contribution in [0.4, 0.5) is 13.2 Å².